The molecule has 7 heteroatoms. The number of carbonyl (C=O) groups is 4. The van der Waals surface area contributed by atoms with Crippen LogP contribution in [0.15, 0.2) is 78.9 Å². The zero-order chi connectivity index (χ0) is 25.9. The predicted octanol–water partition coefficient (Wildman–Crippen LogP) is 4.86. The first-order chi connectivity index (χ1) is 17.9. The Morgan fingerprint density at radius 2 is 1.65 bits per heavy atom. The maximum Gasteiger partial charge on any atom is 0.338 e. The molecule has 1 heterocycles. The minimum Gasteiger partial charge on any atom is -0.452 e. The van der Waals surface area contributed by atoms with E-state index in [9.17, 15) is 19.2 Å². The van der Waals surface area contributed by atoms with Crippen LogP contribution in [0.2, 0.25) is 0 Å². The zero-order valence-electron chi connectivity index (χ0n) is 20.6. The molecule has 0 radical (unpaired) electrons. The minimum atomic E-state index is -0.707. The molecule has 188 valence electrons. The van der Waals surface area contributed by atoms with Gasteiger partial charge >= 0.3 is 5.97 Å². The minimum absolute atomic E-state index is 0.165. The van der Waals surface area contributed by atoms with Crippen LogP contribution in [0.3, 0.4) is 0 Å². The molecule has 37 heavy (non-hydrogen) atoms. The van der Waals surface area contributed by atoms with E-state index in [0.29, 0.717) is 24.2 Å². The SMILES string of the molecule is Cc1cccc(NC(=O)COC(=O)c2cccc(N3C(=O)[C@@H]4CC[C@H](c5ccccc5)C[C@H]4C3=O)c2)c1. The molecule has 0 spiro atoms. The van der Waals surface area contributed by atoms with E-state index in [2.05, 4.69) is 17.4 Å². The molecule has 3 aromatic carbocycles. The molecule has 3 atom stereocenters. The number of amides is 3. The van der Waals surface area contributed by atoms with Crippen LogP contribution in [-0.2, 0) is 19.1 Å². The van der Waals surface area contributed by atoms with Crippen molar-refractivity contribution in [3.8, 4) is 0 Å². The van der Waals surface area contributed by atoms with Gasteiger partial charge in [-0.05, 0) is 73.6 Å². The van der Waals surface area contributed by atoms with Crippen LogP contribution in [0.1, 0.15) is 46.7 Å². The Balaban J connectivity index is 1.24. The third-order valence-electron chi connectivity index (χ3n) is 7.17. The highest BCUT2D eigenvalue weighted by Gasteiger charge is 2.50. The van der Waals surface area contributed by atoms with Crippen molar-refractivity contribution in [3.63, 3.8) is 0 Å². The number of nitrogens with one attached hydrogen (secondary N) is 1. The normalized spacial score (nSPS) is 20.9. The number of ether oxygens (including phenoxy) is 1. The third-order valence-corrected chi connectivity index (χ3v) is 7.17. The van der Waals surface area contributed by atoms with Gasteiger partial charge in [0.15, 0.2) is 6.61 Å². The fraction of sp³-hybridized carbons (Fsp3) is 0.267. The first-order valence-corrected chi connectivity index (χ1v) is 12.5. The standard InChI is InChI=1S/C30H28N2O5/c1-19-7-5-11-23(15-19)31-27(33)18-37-30(36)22-10-6-12-24(16-22)32-28(34)25-14-13-21(17-26(25)29(32)35)20-8-3-2-4-9-20/h2-12,15-16,21,25-26H,13-14,17-18H2,1H3,(H,31,33)/t21-,25+,26+/m0/s1. The lowest BCUT2D eigenvalue weighted by atomic mass is 9.73. The zero-order valence-corrected chi connectivity index (χ0v) is 20.6. The van der Waals surface area contributed by atoms with Gasteiger partial charge in [0, 0.05) is 5.69 Å². The molecule has 2 fully saturated rings. The molecule has 1 saturated carbocycles. The number of carbonyl (C=O) groups excluding carboxylic acids is 4. The van der Waals surface area contributed by atoms with Crippen LogP contribution < -0.4 is 10.2 Å². The summed E-state index contributed by atoms with van der Waals surface area (Å²) >= 11 is 0. The number of hydrogen-bond acceptors (Lipinski definition) is 5. The van der Waals surface area contributed by atoms with Gasteiger partial charge in [-0.1, -0.05) is 48.5 Å². The topological polar surface area (TPSA) is 92.8 Å². The maximum absolute atomic E-state index is 13.4. The molecule has 5 rings (SSSR count). The van der Waals surface area contributed by atoms with E-state index in [0.717, 1.165) is 12.0 Å². The van der Waals surface area contributed by atoms with Crippen LogP contribution in [0.4, 0.5) is 11.4 Å². The monoisotopic (exact) mass is 496 g/mol. The van der Waals surface area contributed by atoms with E-state index in [4.69, 9.17) is 4.74 Å². The number of esters is 1. The number of fused-ring (bicyclic) bond motifs is 1. The van der Waals surface area contributed by atoms with Crippen molar-refractivity contribution in [2.75, 3.05) is 16.8 Å². The van der Waals surface area contributed by atoms with E-state index in [-0.39, 0.29) is 35.1 Å². The molecule has 1 saturated heterocycles. The fourth-order valence-corrected chi connectivity index (χ4v) is 5.37. The van der Waals surface area contributed by atoms with E-state index in [1.165, 1.54) is 22.6 Å². The van der Waals surface area contributed by atoms with Gasteiger partial charge in [-0.3, -0.25) is 19.3 Å². The highest BCUT2D eigenvalue weighted by atomic mass is 16.5. The molecule has 3 aromatic rings. The average molecular weight is 497 g/mol. The van der Waals surface area contributed by atoms with Crippen LogP contribution >= 0.6 is 0 Å². The molecule has 1 N–H and O–H groups in total. The Morgan fingerprint density at radius 1 is 0.892 bits per heavy atom. The van der Waals surface area contributed by atoms with E-state index >= 15 is 0 Å². The second-order valence-corrected chi connectivity index (χ2v) is 9.69. The van der Waals surface area contributed by atoms with Crippen molar-refractivity contribution in [3.05, 3.63) is 95.6 Å². The summed E-state index contributed by atoms with van der Waals surface area (Å²) < 4.78 is 5.18. The molecular weight excluding hydrogens is 468 g/mol. The van der Waals surface area contributed by atoms with Crippen molar-refractivity contribution in [1.29, 1.82) is 0 Å². The number of nitrogens with zero attached hydrogens (tertiary/aromatic N) is 1. The summed E-state index contributed by atoms with van der Waals surface area (Å²) in [7, 11) is 0. The fourth-order valence-electron chi connectivity index (χ4n) is 5.37. The van der Waals surface area contributed by atoms with Crippen molar-refractivity contribution in [2.45, 2.75) is 32.1 Å². The van der Waals surface area contributed by atoms with Gasteiger partial charge < -0.3 is 10.1 Å². The largest absolute Gasteiger partial charge is 0.452 e. The lowest BCUT2D eigenvalue weighted by Gasteiger charge is -2.28. The quantitative estimate of drug-likeness (QED) is 0.389. The molecule has 1 aliphatic heterocycles. The first kappa shape index (κ1) is 24.4. The smallest absolute Gasteiger partial charge is 0.338 e. The lowest BCUT2D eigenvalue weighted by Crippen LogP contribution is -2.31. The summed E-state index contributed by atoms with van der Waals surface area (Å²) in [6, 6.07) is 23.6. The summed E-state index contributed by atoms with van der Waals surface area (Å²) in [4.78, 5) is 52.6. The maximum atomic E-state index is 13.4. The van der Waals surface area contributed by atoms with Gasteiger partial charge in [0.05, 0.1) is 23.1 Å². The van der Waals surface area contributed by atoms with Crippen LogP contribution in [0, 0.1) is 18.8 Å². The van der Waals surface area contributed by atoms with Crippen LogP contribution in [-0.4, -0.2) is 30.3 Å². The molecule has 0 unspecified atom stereocenters. The summed E-state index contributed by atoms with van der Waals surface area (Å²) in [5.41, 5.74) is 3.31. The Bertz CT molecular complexity index is 1350. The Morgan fingerprint density at radius 3 is 2.43 bits per heavy atom. The van der Waals surface area contributed by atoms with Gasteiger partial charge in [0.1, 0.15) is 0 Å². The summed E-state index contributed by atoms with van der Waals surface area (Å²) in [6.07, 6.45) is 2.14. The van der Waals surface area contributed by atoms with Gasteiger partial charge in [-0.25, -0.2) is 4.79 Å². The van der Waals surface area contributed by atoms with Crippen molar-refractivity contribution in [1.82, 2.24) is 0 Å². The third kappa shape index (κ3) is 5.16. The molecule has 7 nitrogen and oxygen atoms in total. The molecule has 3 amide bonds. The Labute approximate surface area is 215 Å². The number of imide groups is 1. The summed E-state index contributed by atoms with van der Waals surface area (Å²) in [6.45, 7) is 1.46. The highest BCUT2D eigenvalue weighted by molar-refractivity contribution is 6.22. The van der Waals surface area contributed by atoms with Gasteiger partial charge in [0.25, 0.3) is 5.91 Å². The Kier molecular flexibility index (Phi) is 6.86. The second kappa shape index (κ2) is 10.4. The van der Waals surface area contributed by atoms with Crippen LogP contribution in [0.25, 0.3) is 0 Å². The molecule has 0 aromatic heterocycles. The van der Waals surface area contributed by atoms with E-state index in [1.54, 1.807) is 18.2 Å². The average Bonchev–Trinajstić information content (AvgIpc) is 3.17. The summed E-state index contributed by atoms with van der Waals surface area (Å²) in [5, 5.41) is 2.69. The number of benzene rings is 3. The Hall–Kier alpha value is -4.26. The van der Waals surface area contributed by atoms with Crippen molar-refractivity contribution >= 4 is 35.1 Å². The molecular formula is C30H28N2O5. The van der Waals surface area contributed by atoms with Gasteiger partial charge in [0.2, 0.25) is 11.8 Å². The lowest BCUT2D eigenvalue weighted by molar-refractivity contribution is -0.122. The van der Waals surface area contributed by atoms with Crippen molar-refractivity contribution in [2.24, 2.45) is 11.8 Å². The van der Waals surface area contributed by atoms with Gasteiger partial charge in [-0.15, -0.1) is 0 Å². The first-order valence-electron chi connectivity index (χ1n) is 12.5. The van der Waals surface area contributed by atoms with Crippen molar-refractivity contribution < 1.29 is 23.9 Å². The number of hydrogen-bond donors (Lipinski definition) is 1. The predicted molar refractivity (Wildman–Crippen MR) is 139 cm³/mol. The number of anilines is 2. The van der Waals surface area contributed by atoms with Crippen LogP contribution in [0.5, 0.6) is 0 Å². The van der Waals surface area contributed by atoms with Gasteiger partial charge in [-0.2, -0.15) is 0 Å². The second-order valence-electron chi connectivity index (χ2n) is 9.69. The highest BCUT2D eigenvalue weighted by Crippen LogP contribution is 2.45. The summed E-state index contributed by atoms with van der Waals surface area (Å²) in [5.74, 6) is -2.07. The molecule has 1 aliphatic carbocycles. The number of aryl methyl sites for hydroxylation is 1. The molecule has 0 bridgehead atoms. The van der Waals surface area contributed by atoms with E-state index < -0.39 is 18.5 Å². The molecule has 2 aliphatic rings. The number of rotatable bonds is 6. The van der Waals surface area contributed by atoms with E-state index in [1.807, 2.05) is 43.3 Å².